The average molecular weight is 589 g/mol. The Morgan fingerprint density at radius 1 is 0.750 bits per heavy atom. The summed E-state index contributed by atoms with van der Waals surface area (Å²) < 4.78 is 2.72. The largest absolute Gasteiger partial charge is 0.481 e. The van der Waals surface area contributed by atoms with E-state index >= 15 is 0 Å². The number of aryl methyl sites for hydroxylation is 2. The molecule has 2 heterocycles. The number of hydrogen-bond donors (Lipinski definition) is 4. The van der Waals surface area contributed by atoms with E-state index in [1.54, 1.807) is 26.2 Å². The van der Waals surface area contributed by atoms with Crippen LogP contribution in [0.2, 0.25) is 10.0 Å². The SMILES string of the molecule is Cn1c(=O)[nH]c2c(Cl)cc(C(=O)[C@H]3C[C@@H]3C(=O)O)cc21.Cn1c(=O)[nH]c2cc(C(=O)[C@H]3C[C@@H]3C(=O)O)cc(Cl)c21. The molecular formula is C26H22Cl2N4O8. The Bertz CT molecular complexity index is 1880. The van der Waals surface area contributed by atoms with Crippen LogP contribution in [0.4, 0.5) is 0 Å². The van der Waals surface area contributed by atoms with Crippen LogP contribution in [0.15, 0.2) is 33.9 Å². The molecule has 2 fully saturated rings. The van der Waals surface area contributed by atoms with Crippen LogP contribution in [0.3, 0.4) is 0 Å². The summed E-state index contributed by atoms with van der Waals surface area (Å²) >= 11 is 12.2. The number of aromatic nitrogens is 4. The van der Waals surface area contributed by atoms with E-state index in [9.17, 15) is 28.8 Å². The fourth-order valence-corrected chi connectivity index (χ4v) is 5.45. The highest BCUT2D eigenvalue weighted by Crippen LogP contribution is 2.42. The number of carbonyl (C=O) groups excluding carboxylic acids is 2. The molecule has 12 nitrogen and oxygen atoms in total. The van der Waals surface area contributed by atoms with Gasteiger partial charge in [-0.25, -0.2) is 9.59 Å². The lowest BCUT2D eigenvalue weighted by atomic mass is 10.1. The molecule has 0 amide bonds. The standard InChI is InChI=1S/2C13H11ClN2O4/c1-16-9-3-5(2-8(14)10(9)15-13(16)20)11(17)6-4-7(6)12(18)19;1-16-10-8(14)2-5(3-9(10)15-13(16)20)11(17)6-4-7(6)12(18)19/h2*2-3,6-7H,4H2,1H3,(H,15,20)(H,18,19)/t2*6-,7-/m00/s1. The molecule has 0 saturated heterocycles. The van der Waals surface area contributed by atoms with Gasteiger partial charge in [-0.1, -0.05) is 23.2 Å². The molecule has 0 aliphatic heterocycles. The van der Waals surface area contributed by atoms with Crippen molar-refractivity contribution >= 4 is 68.8 Å². The molecular weight excluding hydrogens is 567 g/mol. The van der Waals surface area contributed by atoms with Crippen molar-refractivity contribution < 1.29 is 29.4 Å². The molecule has 2 aromatic heterocycles. The van der Waals surface area contributed by atoms with Crippen LogP contribution in [0.25, 0.3) is 22.1 Å². The van der Waals surface area contributed by atoms with E-state index in [2.05, 4.69) is 9.97 Å². The third kappa shape index (κ3) is 4.73. The van der Waals surface area contributed by atoms with Crippen LogP contribution < -0.4 is 11.4 Å². The van der Waals surface area contributed by atoms with Crippen LogP contribution in [-0.4, -0.2) is 52.8 Å². The van der Waals surface area contributed by atoms with Gasteiger partial charge in [0.1, 0.15) is 0 Å². The number of carboxylic acids is 2. The van der Waals surface area contributed by atoms with Gasteiger partial charge in [0.2, 0.25) is 0 Å². The van der Waals surface area contributed by atoms with Crippen molar-refractivity contribution in [3.05, 3.63) is 66.4 Å². The number of carboxylic acid groups (broad SMARTS) is 2. The van der Waals surface area contributed by atoms with Crippen LogP contribution in [0.5, 0.6) is 0 Å². The number of rotatable bonds is 6. The number of nitrogens with zero attached hydrogens (tertiary/aromatic N) is 2. The van der Waals surface area contributed by atoms with E-state index in [4.69, 9.17) is 33.4 Å². The molecule has 4 atom stereocenters. The Labute approximate surface area is 234 Å². The summed E-state index contributed by atoms with van der Waals surface area (Å²) in [4.78, 5) is 74.3. The number of ketones is 2. The molecule has 0 bridgehead atoms. The first-order valence-corrected chi connectivity index (χ1v) is 12.9. The first kappa shape index (κ1) is 27.4. The monoisotopic (exact) mass is 588 g/mol. The smallest absolute Gasteiger partial charge is 0.326 e. The van der Waals surface area contributed by atoms with Gasteiger partial charge >= 0.3 is 23.3 Å². The number of imidazole rings is 2. The molecule has 0 radical (unpaired) electrons. The second-order valence-corrected chi connectivity index (χ2v) is 10.8. The minimum atomic E-state index is -0.955. The summed E-state index contributed by atoms with van der Waals surface area (Å²) in [6.45, 7) is 0. The summed E-state index contributed by atoms with van der Waals surface area (Å²) in [5, 5.41) is 18.3. The molecule has 2 aliphatic carbocycles. The Hall–Kier alpha value is -4.16. The number of aromatic amines is 2. The third-order valence-electron chi connectivity index (χ3n) is 7.37. The molecule has 4 N–H and O–H groups in total. The van der Waals surface area contributed by atoms with E-state index in [0.717, 1.165) is 0 Å². The number of H-pyrrole nitrogens is 2. The van der Waals surface area contributed by atoms with Gasteiger partial charge in [-0.2, -0.15) is 0 Å². The Kier molecular flexibility index (Phi) is 6.71. The summed E-state index contributed by atoms with van der Waals surface area (Å²) in [7, 11) is 3.15. The molecule has 2 aliphatic rings. The minimum Gasteiger partial charge on any atom is -0.481 e. The number of aliphatic carboxylic acids is 2. The summed E-state index contributed by atoms with van der Waals surface area (Å²) in [6, 6.07) is 6.07. The molecule has 2 aromatic carbocycles. The summed E-state index contributed by atoms with van der Waals surface area (Å²) in [5.74, 6) is -4.58. The Balaban J connectivity index is 0.000000161. The lowest BCUT2D eigenvalue weighted by Gasteiger charge is -2.03. The summed E-state index contributed by atoms with van der Waals surface area (Å²) in [6.07, 6.45) is 0.713. The molecule has 0 unspecified atom stereocenters. The molecule has 208 valence electrons. The van der Waals surface area contributed by atoms with Gasteiger partial charge in [0, 0.05) is 37.1 Å². The first-order chi connectivity index (χ1) is 18.8. The maximum atomic E-state index is 12.2. The minimum absolute atomic E-state index is 0.241. The van der Waals surface area contributed by atoms with Gasteiger partial charge in [0.25, 0.3) is 0 Å². The van der Waals surface area contributed by atoms with E-state index in [-0.39, 0.29) is 28.0 Å². The van der Waals surface area contributed by atoms with Crippen LogP contribution in [0, 0.1) is 23.7 Å². The van der Waals surface area contributed by atoms with E-state index in [1.165, 1.54) is 21.3 Å². The zero-order chi connectivity index (χ0) is 29.2. The van der Waals surface area contributed by atoms with Crippen LogP contribution in [0.1, 0.15) is 33.6 Å². The number of Topliss-reactive ketones (excluding diaryl/α,β-unsaturated/α-hetero) is 2. The van der Waals surface area contributed by atoms with Gasteiger partial charge in [-0.15, -0.1) is 0 Å². The second kappa shape index (κ2) is 9.79. The maximum Gasteiger partial charge on any atom is 0.326 e. The van der Waals surface area contributed by atoms with Gasteiger partial charge in [-0.05, 0) is 37.1 Å². The normalized spacial score (nSPS) is 21.1. The van der Waals surface area contributed by atoms with Crippen molar-refractivity contribution in [2.24, 2.45) is 37.8 Å². The molecule has 0 spiro atoms. The molecule has 14 heteroatoms. The zero-order valence-corrected chi connectivity index (χ0v) is 22.5. The highest BCUT2D eigenvalue weighted by Gasteiger charge is 2.49. The Morgan fingerprint density at radius 2 is 1.25 bits per heavy atom. The van der Waals surface area contributed by atoms with Crippen molar-refractivity contribution in [1.29, 1.82) is 0 Å². The van der Waals surface area contributed by atoms with Crippen molar-refractivity contribution in [2.75, 3.05) is 0 Å². The van der Waals surface area contributed by atoms with Crippen molar-refractivity contribution in [2.45, 2.75) is 12.8 Å². The average Bonchev–Trinajstić information content (AvgIpc) is 3.80. The van der Waals surface area contributed by atoms with Gasteiger partial charge in [0.15, 0.2) is 11.6 Å². The number of hydrogen-bond acceptors (Lipinski definition) is 6. The van der Waals surface area contributed by atoms with Crippen molar-refractivity contribution in [3.8, 4) is 0 Å². The van der Waals surface area contributed by atoms with E-state index in [1.807, 2.05) is 0 Å². The maximum absolute atomic E-state index is 12.2. The topological polar surface area (TPSA) is 184 Å². The third-order valence-corrected chi connectivity index (χ3v) is 7.96. The van der Waals surface area contributed by atoms with Crippen LogP contribution in [-0.2, 0) is 23.7 Å². The van der Waals surface area contributed by atoms with Gasteiger partial charge < -0.3 is 20.2 Å². The van der Waals surface area contributed by atoms with Crippen molar-refractivity contribution in [3.63, 3.8) is 0 Å². The number of benzene rings is 2. The predicted molar refractivity (Wildman–Crippen MR) is 144 cm³/mol. The molecule has 6 rings (SSSR count). The van der Waals surface area contributed by atoms with E-state index in [0.29, 0.717) is 51.1 Å². The van der Waals surface area contributed by atoms with Gasteiger partial charge in [-0.3, -0.25) is 28.3 Å². The fraction of sp³-hybridized carbons (Fsp3) is 0.308. The highest BCUT2D eigenvalue weighted by atomic mass is 35.5. The second-order valence-electron chi connectivity index (χ2n) is 9.99. The van der Waals surface area contributed by atoms with Gasteiger partial charge in [0.05, 0.1) is 43.9 Å². The quantitative estimate of drug-likeness (QED) is 0.247. The van der Waals surface area contributed by atoms with Crippen LogP contribution >= 0.6 is 23.2 Å². The van der Waals surface area contributed by atoms with E-state index < -0.39 is 35.6 Å². The lowest BCUT2D eigenvalue weighted by molar-refractivity contribution is -0.139. The summed E-state index contributed by atoms with van der Waals surface area (Å²) in [5.41, 5.74) is 2.03. The predicted octanol–water partition coefficient (Wildman–Crippen LogP) is 2.85. The molecule has 4 aromatic rings. The number of halogens is 2. The Morgan fingerprint density at radius 3 is 1.77 bits per heavy atom. The number of nitrogens with one attached hydrogen (secondary N) is 2. The fourth-order valence-electron chi connectivity index (χ4n) is 4.84. The number of carbonyl (C=O) groups is 4. The van der Waals surface area contributed by atoms with Crippen molar-refractivity contribution in [1.82, 2.24) is 19.1 Å². The highest BCUT2D eigenvalue weighted by molar-refractivity contribution is 6.36. The molecule has 40 heavy (non-hydrogen) atoms. The number of fused-ring (bicyclic) bond motifs is 2. The first-order valence-electron chi connectivity index (χ1n) is 12.1. The lowest BCUT2D eigenvalue weighted by Crippen LogP contribution is -2.12. The molecule has 2 saturated carbocycles. The zero-order valence-electron chi connectivity index (χ0n) is 21.0.